The number of carbonyl (C=O) groups excluding carboxylic acids is 2. The number of nitrogens with one attached hydrogen (secondary N) is 1. The number of rotatable bonds is 5. The summed E-state index contributed by atoms with van der Waals surface area (Å²) in [6.45, 7) is 7.66. The number of nitrogens with zero attached hydrogens (tertiary/aromatic N) is 1. The monoisotopic (exact) mass is 406 g/mol. The molecule has 0 fully saturated rings. The zero-order chi connectivity index (χ0) is 21.9. The first-order valence-corrected chi connectivity index (χ1v) is 9.71. The first-order chi connectivity index (χ1) is 14.2. The van der Waals surface area contributed by atoms with E-state index in [9.17, 15) is 9.59 Å². The molecule has 0 atom stereocenters. The lowest BCUT2D eigenvalue weighted by Gasteiger charge is -2.21. The number of esters is 1. The van der Waals surface area contributed by atoms with Gasteiger partial charge in [-0.15, -0.1) is 0 Å². The Balaban J connectivity index is 1.73. The fourth-order valence-corrected chi connectivity index (χ4v) is 3.14. The highest BCUT2D eigenvalue weighted by Crippen LogP contribution is 2.31. The lowest BCUT2D eigenvalue weighted by atomic mass is 9.87. The maximum atomic E-state index is 12.6. The minimum atomic E-state index is -0.567. The third kappa shape index (κ3) is 4.76. The van der Waals surface area contributed by atoms with Crippen LogP contribution in [0.15, 0.2) is 48.5 Å². The summed E-state index contributed by atoms with van der Waals surface area (Å²) in [6.07, 6.45) is 0. The summed E-state index contributed by atoms with van der Waals surface area (Å²) in [4.78, 5) is 29.5. The molecular formula is C24H26N2O4. The van der Waals surface area contributed by atoms with Crippen molar-refractivity contribution in [3.63, 3.8) is 0 Å². The Morgan fingerprint density at radius 3 is 2.50 bits per heavy atom. The molecule has 0 radical (unpaired) electrons. The van der Waals surface area contributed by atoms with Crippen molar-refractivity contribution in [2.24, 2.45) is 0 Å². The molecule has 1 N–H and O–H groups in total. The molecule has 0 unspecified atom stereocenters. The number of methoxy groups -OCH3 is 1. The van der Waals surface area contributed by atoms with Crippen LogP contribution < -0.4 is 10.1 Å². The Bertz CT molecular complexity index is 1100. The van der Waals surface area contributed by atoms with Gasteiger partial charge < -0.3 is 14.8 Å². The third-order valence-electron chi connectivity index (χ3n) is 4.74. The number of hydrogen-bond donors (Lipinski definition) is 1. The predicted molar refractivity (Wildman–Crippen MR) is 117 cm³/mol. The second kappa shape index (κ2) is 8.53. The number of aryl methyl sites for hydroxylation is 1. The van der Waals surface area contributed by atoms with Gasteiger partial charge >= 0.3 is 5.97 Å². The highest BCUT2D eigenvalue weighted by atomic mass is 16.5. The van der Waals surface area contributed by atoms with E-state index in [1.165, 1.54) is 0 Å². The van der Waals surface area contributed by atoms with Crippen LogP contribution in [-0.4, -0.2) is 30.6 Å². The molecule has 0 aliphatic rings. The van der Waals surface area contributed by atoms with E-state index in [-0.39, 0.29) is 5.41 Å². The molecule has 1 heterocycles. The van der Waals surface area contributed by atoms with Crippen LogP contribution in [-0.2, 0) is 14.9 Å². The fourth-order valence-electron chi connectivity index (χ4n) is 3.14. The van der Waals surface area contributed by atoms with Gasteiger partial charge in [-0.3, -0.25) is 9.78 Å². The summed E-state index contributed by atoms with van der Waals surface area (Å²) in [7, 11) is 1.54. The average Bonchev–Trinajstić information content (AvgIpc) is 2.70. The van der Waals surface area contributed by atoms with E-state index in [0.29, 0.717) is 33.6 Å². The van der Waals surface area contributed by atoms with Gasteiger partial charge in [0.05, 0.1) is 23.9 Å². The molecule has 0 spiro atoms. The molecular weight excluding hydrogens is 380 g/mol. The molecule has 2 aromatic carbocycles. The van der Waals surface area contributed by atoms with Gasteiger partial charge in [-0.25, -0.2) is 4.79 Å². The van der Waals surface area contributed by atoms with Crippen LogP contribution in [0.2, 0.25) is 0 Å². The fraction of sp³-hybridized carbons (Fsp3) is 0.292. The van der Waals surface area contributed by atoms with Gasteiger partial charge in [0.2, 0.25) is 0 Å². The van der Waals surface area contributed by atoms with Gasteiger partial charge in [0.25, 0.3) is 5.91 Å². The van der Waals surface area contributed by atoms with Crippen LogP contribution in [0.4, 0.5) is 5.69 Å². The van der Waals surface area contributed by atoms with Crippen LogP contribution >= 0.6 is 0 Å². The molecule has 0 aliphatic heterocycles. The van der Waals surface area contributed by atoms with Crippen LogP contribution in [0.3, 0.4) is 0 Å². The summed E-state index contributed by atoms with van der Waals surface area (Å²) in [5, 5.41) is 3.46. The van der Waals surface area contributed by atoms with E-state index in [2.05, 4.69) is 31.1 Å². The Morgan fingerprint density at radius 1 is 1.07 bits per heavy atom. The molecule has 1 amide bonds. The summed E-state index contributed by atoms with van der Waals surface area (Å²) < 4.78 is 10.6. The molecule has 0 saturated heterocycles. The molecule has 0 aliphatic carbocycles. The minimum Gasteiger partial charge on any atom is -0.495 e. The number of para-hydroxylation sites is 1. The van der Waals surface area contributed by atoms with E-state index in [1.807, 2.05) is 43.3 Å². The summed E-state index contributed by atoms with van der Waals surface area (Å²) in [5.74, 6) is -0.469. The number of ether oxygens (including phenoxy) is 2. The van der Waals surface area contributed by atoms with Crippen molar-refractivity contribution in [1.82, 2.24) is 4.98 Å². The number of hydrogen-bond acceptors (Lipinski definition) is 5. The van der Waals surface area contributed by atoms with Crippen molar-refractivity contribution in [2.75, 3.05) is 19.0 Å². The number of pyridine rings is 1. The van der Waals surface area contributed by atoms with Crippen molar-refractivity contribution in [3.05, 3.63) is 65.4 Å². The molecule has 6 nitrogen and oxygen atoms in total. The Morgan fingerprint density at radius 2 is 1.80 bits per heavy atom. The van der Waals surface area contributed by atoms with Crippen LogP contribution in [0.5, 0.6) is 5.75 Å². The Labute approximate surface area is 176 Å². The number of amides is 1. The van der Waals surface area contributed by atoms with Gasteiger partial charge in [-0.05, 0) is 42.2 Å². The molecule has 30 heavy (non-hydrogen) atoms. The van der Waals surface area contributed by atoms with E-state index < -0.39 is 18.5 Å². The van der Waals surface area contributed by atoms with Gasteiger partial charge in [-0.1, -0.05) is 45.0 Å². The number of benzene rings is 2. The molecule has 0 bridgehead atoms. The third-order valence-corrected chi connectivity index (χ3v) is 4.74. The Hall–Kier alpha value is -3.41. The van der Waals surface area contributed by atoms with Crippen molar-refractivity contribution in [3.8, 4) is 5.75 Å². The van der Waals surface area contributed by atoms with E-state index in [0.717, 1.165) is 5.56 Å². The zero-order valence-electron chi connectivity index (χ0n) is 17.9. The highest BCUT2D eigenvalue weighted by molar-refractivity contribution is 6.04. The van der Waals surface area contributed by atoms with Crippen molar-refractivity contribution >= 4 is 28.5 Å². The first-order valence-electron chi connectivity index (χ1n) is 9.71. The molecule has 0 saturated carbocycles. The number of aromatic nitrogens is 1. The lowest BCUT2D eigenvalue weighted by Crippen LogP contribution is -2.22. The summed E-state index contributed by atoms with van der Waals surface area (Å²) in [6, 6.07) is 14.6. The Kier molecular flexibility index (Phi) is 6.06. The van der Waals surface area contributed by atoms with Gasteiger partial charge in [0.1, 0.15) is 5.75 Å². The second-order valence-corrected chi connectivity index (χ2v) is 8.12. The molecule has 6 heteroatoms. The zero-order valence-corrected chi connectivity index (χ0v) is 17.9. The standard InChI is InChI=1S/C24H26N2O4/c1-15-12-18(17-8-6-7-9-19(17)25-15)23(28)30-14-22(27)26-20-13-16(24(2,3)4)10-11-21(20)29-5/h6-13H,14H2,1-5H3,(H,26,27). The van der Waals surface area contributed by atoms with Crippen LogP contribution in [0, 0.1) is 6.92 Å². The van der Waals surface area contributed by atoms with Crippen LogP contribution in [0.1, 0.15) is 42.4 Å². The maximum absolute atomic E-state index is 12.6. The minimum absolute atomic E-state index is 0.0848. The second-order valence-electron chi connectivity index (χ2n) is 8.12. The highest BCUT2D eigenvalue weighted by Gasteiger charge is 2.18. The maximum Gasteiger partial charge on any atom is 0.339 e. The topological polar surface area (TPSA) is 77.5 Å². The van der Waals surface area contributed by atoms with Crippen LogP contribution in [0.25, 0.3) is 10.9 Å². The normalized spacial score (nSPS) is 11.2. The molecule has 3 rings (SSSR count). The van der Waals surface area contributed by atoms with Gasteiger partial charge in [0, 0.05) is 11.1 Å². The molecule has 1 aromatic heterocycles. The SMILES string of the molecule is COc1ccc(C(C)(C)C)cc1NC(=O)COC(=O)c1cc(C)nc2ccccc12. The van der Waals surface area contributed by atoms with E-state index in [1.54, 1.807) is 19.2 Å². The van der Waals surface area contributed by atoms with Crippen molar-refractivity contribution in [2.45, 2.75) is 33.1 Å². The lowest BCUT2D eigenvalue weighted by molar-refractivity contribution is -0.119. The summed E-state index contributed by atoms with van der Waals surface area (Å²) in [5.41, 5.74) is 3.30. The summed E-state index contributed by atoms with van der Waals surface area (Å²) >= 11 is 0. The number of anilines is 1. The van der Waals surface area contributed by atoms with Gasteiger partial charge in [0.15, 0.2) is 6.61 Å². The number of fused-ring (bicyclic) bond motifs is 1. The number of carbonyl (C=O) groups is 2. The smallest absolute Gasteiger partial charge is 0.339 e. The van der Waals surface area contributed by atoms with Gasteiger partial charge in [-0.2, -0.15) is 0 Å². The predicted octanol–water partition coefficient (Wildman–Crippen LogP) is 4.64. The van der Waals surface area contributed by atoms with Crippen molar-refractivity contribution in [1.29, 1.82) is 0 Å². The molecule has 3 aromatic rings. The largest absolute Gasteiger partial charge is 0.495 e. The quantitative estimate of drug-likeness (QED) is 0.625. The van der Waals surface area contributed by atoms with Crippen molar-refractivity contribution < 1.29 is 19.1 Å². The van der Waals surface area contributed by atoms with E-state index >= 15 is 0 Å². The first kappa shape index (κ1) is 21.3. The average molecular weight is 406 g/mol. The molecule has 156 valence electrons. The van der Waals surface area contributed by atoms with E-state index in [4.69, 9.17) is 9.47 Å².